The molecule has 0 bridgehead atoms. The Morgan fingerprint density at radius 2 is 1.11 bits per heavy atom. The van der Waals surface area contributed by atoms with E-state index in [2.05, 4.69) is 46.1 Å². The van der Waals surface area contributed by atoms with Crippen molar-refractivity contribution in [3.63, 3.8) is 0 Å². The first-order valence-corrected chi connectivity index (χ1v) is 9.07. The van der Waals surface area contributed by atoms with Gasteiger partial charge in [0.25, 0.3) is 0 Å². The van der Waals surface area contributed by atoms with Gasteiger partial charge in [0.1, 0.15) is 0 Å². The minimum absolute atomic E-state index is 0.655. The fraction of sp³-hybridized carbons (Fsp3) is 0. The number of hydrogen-bond donors (Lipinski definition) is 0. The van der Waals surface area contributed by atoms with E-state index in [9.17, 15) is 0 Å². The molecule has 0 saturated carbocycles. The molecule has 1 heterocycles. The SMILES string of the molecule is [C-]#[N+]c1ccc(-c2ccc(N3c4ccccc4Oc4ccccc43)cc2)cc1. The lowest BCUT2D eigenvalue weighted by Crippen LogP contribution is -2.15. The Kier molecular flexibility index (Phi) is 3.81. The number of hydrogen-bond acceptors (Lipinski definition) is 2. The Hall–Kier alpha value is -4.03. The number of para-hydroxylation sites is 4. The first-order valence-electron chi connectivity index (χ1n) is 9.07. The summed E-state index contributed by atoms with van der Waals surface area (Å²) in [6.45, 7) is 7.09. The summed E-state index contributed by atoms with van der Waals surface area (Å²) in [7, 11) is 0. The van der Waals surface area contributed by atoms with Gasteiger partial charge >= 0.3 is 0 Å². The summed E-state index contributed by atoms with van der Waals surface area (Å²) < 4.78 is 6.08. The van der Waals surface area contributed by atoms with E-state index in [1.54, 1.807) is 0 Å². The van der Waals surface area contributed by atoms with Crippen molar-refractivity contribution in [1.82, 2.24) is 0 Å². The molecule has 0 saturated heterocycles. The summed E-state index contributed by atoms with van der Waals surface area (Å²) in [6.07, 6.45) is 0. The largest absolute Gasteiger partial charge is 0.453 e. The van der Waals surface area contributed by atoms with Crippen LogP contribution in [0.5, 0.6) is 11.5 Å². The van der Waals surface area contributed by atoms with Crippen molar-refractivity contribution in [3.8, 4) is 22.6 Å². The molecule has 0 unspecified atom stereocenters. The van der Waals surface area contributed by atoms with E-state index in [1.165, 1.54) is 0 Å². The van der Waals surface area contributed by atoms with Crippen LogP contribution >= 0.6 is 0 Å². The van der Waals surface area contributed by atoms with Crippen LogP contribution in [0.4, 0.5) is 22.7 Å². The van der Waals surface area contributed by atoms with E-state index in [0.29, 0.717) is 5.69 Å². The van der Waals surface area contributed by atoms with Crippen LogP contribution in [0.2, 0.25) is 0 Å². The zero-order valence-electron chi connectivity index (χ0n) is 15.0. The molecule has 3 heteroatoms. The molecule has 3 nitrogen and oxygen atoms in total. The second-order valence-corrected chi connectivity index (χ2v) is 6.58. The lowest BCUT2D eigenvalue weighted by atomic mass is 10.0. The highest BCUT2D eigenvalue weighted by Crippen LogP contribution is 2.50. The second-order valence-electron chi connectivity index (χ2n) is 6.58. The molecule has 1 aliphatic rings. The monoisotopic (exact) mass is 360 g/mol. The van der Waals surface area contributed by atoms with Crippen LogP contribution in [0.3, 0.4) is 0 Å². The van der Waals surface area contributed by atoms with Gasteiger partial charge in [-0.2, -0.15) is 0 Å². The average molecular weight is 360 g/mol. The average Bonchev–Trinajstić information content (AvgIpc) is 2.77. The summed E-state index contributed by atoms with van der Waals surface area (Å²) in [6, 6.07) is 32.3. The molecule has 4 aromatic carbocycles. The normalized spacial score (nSPS) is 11.8. The third-order valence-corrected chi connectivity index (χ3v) is 4.89. The highest BCUT2D eigenvalue weighted by atomic mass is 16.5. The van der Waals surface area contributed by atoms with Gasteiger partial charge in [-0.05, 0) is 47.5 Å². The molecule has 0 aromatic heterocycles. The quantitative estimate of drug-likeness (QED) is 0.303. The molecule has 1 aliphatic heterocycles. The fourth-order valence-corrected chi connectivity index (χ4v) is 3.51. The molecular formula is C25H16N2O. The van der Waals surface area contributed by atoms with E-state index in [4.69, 9.17) is 11.3 Å². The van der Waals surface area contributed by atoms with Crippen molar-refractivity contribution in [2.45, 2.75) is 0 Å². The Morgan fingerprint density at radius 1 is 0.607 bits per heavy atom. The zero-order chi connectivity index (χ0) is 18.9. The Morgan fingerprint density at radius 3 is 1.64 bits per heavy atom. The van der Waals surface area contributed by atoms with Crippen LogP contribution < -0.4 is 9.64 Å². The van der Waals surface area contributed by atoms with Gasteiger partial charge in [0.15, 0.2) is 17.2 Å². The second kappa shape index (κ2) is 6.61. The van der Waals surface area contributed by atoms with Crippen molar-refractivity contribution in [1.29, 1.82) is 0 Å². The van der Waals surface area contributed by atoms with Crippen LogP contribution in [0, 0.1) is 6.57 Å². The lowest BCUT2D eigenvalue weighted by Gasteiger charge is -2.32. The first kappa shape index (κ1) is 16.2. The molecule has 28 heavy (non-hydrogen) atoms. The summed E-state index contributed by atoms with van der Waals surface area (Å²) >= 11 is 0. The third kappa shape index (κ3) is 2.69. The molecule has 4 aromatic rings. The van der Waals surface area contributed by atoms with Crippen molar-refractivity contribution in [2.24, 2.45) is 0 Å². The van der Waals surface area contributed by atoms with E-state index >= 15 is 0 Å². The minimum Gasteiger partial charge on any atom is -0.453 e. The van der Waals surface area contributed by atoms with Crippen LogP contribution in [0.1, 0.15) is 0 Å². The highest BCUT2D eigenvalue weighted by Gasteiger charge is 2.24. The molecule has 0 N–H and O–H groups in total. The number of anilines is 3. The maximum absolute atomic E-state index is 7.09. The van der Waals surface area contributed by atoms with Crippen LogP contribution in [0.15, 0.2) is 97.1 Å². The van der Waals surface area contributed by atoms with Gasteiger partial charge in [-0.3, -0.25) is 0 Å². The molecule has 0 fully saturated rings. The van der Waals surface area contributed by atoms with Crippen molar-refractivity contribution < 1.29 is 4.74 Å². The Balaban J connectivity index is 1.57. The highest BCUT2D eigenvalue weighted by molar-refractivity contribution is 5.86. The summed E-state index contributed by atoms with van der Waals surface area (Å²) in [5.74, 6) is 1.69. The van der Waals surface area contributed by atoms with Crippen LogP contribution in [0.25, 0.3) is 16.0 Å². The summed E-state index contributed by atoms with van der Waals surface area (Å²) in [5.41, 5.74) is 5.99. The van der Waals surface area contributed by atoms with Crippen LogP contribution in [-0.4, -0.2) is 0 Å². The van der Waals surface area contributed by atoms with E-state index < -0.39 is 0 Å². The molecule has 5 rings (SSSR count). The molecule has 0 atom stereocenters. The van der Waals surface area contributed by atoms with E-state index in [0.717, 1.165) is 39.7 Å². The first-order chi connectivity index (χ1) is 13.8. The van der Waals surface area contributed by atoms with Crippen molar-refractivity contribution in [2.75, 3.05) is 4.90 Å². The van der Waals surface area contributed by atoms with E-state index in [1.807, 2.05) is 60.7 Å². The minimum atomic E-state index is 0.655. The molecular weight excluding hydrogens is 344 g/mol. The standard InChI is InChI=1S/C25H16N2O/c1-26-20-14-10-18(11-15-20)19-12-16-21(17-13-19)27-22-6-2-4-8-24(22)28-25-9-5-3-7-23(25)27/h2-17H. The predicted octanol–water partition coefficient (Wildman–Crippen LogP) is 7.48. The topological polar surface area (TPSA) is 16.8 Å². The number of ether oxygens (including phenoxy) is 1. The maximum atomic E-state index is 7.09. The van der Waals surface area contributed by atoms with Gasteiger partial charge in [-0.15, -0.1) is 0 Å². The fourth-order valence-electron chi connectivity index (χ4n) is 3.51. The Bertz CT molecular complexity index is 1140. The number of nitrogens with zero attached hydrogens (tertiary/aromatic N) is 2. The number of fused-ring (bicyclic) bond motifs is 2. The summed E-state index contributed by atoms with van der Waals surface area (Å²) in [5, 5.41) is 0. The molecule has 0 aliphatic carbocycles. The number of benzene rings is 4. The smallest absolute Gasteiger partial charge is 0.187 e. The molecule has 0 spiro atoms. The van der Waals surface area contributed by atoms with Gasteiger partial charge in [-0.1, -0.05) is 60.7 Å². The molecule has 132 valence electrons. The molecule has 0 amide bonds. The molecule has 0 radical (unpaired) electrons. The van der Waals surface area contributed by atoms with Gasteiger partial charge in [0, 0.05) is 5.69 Å². The van der Waals surface area contributed by atoms with Gasteiger partial charge in [0.2, 0.25) is 0 Å². The van der Waals surface area contributed by atoms with Gasteiger partial charge < -0.3 is 9.64 Å². The summed E-state index contributed by atoms with van der Waals surface area (Å²) in [4.78, 5) is 5.68. The third-order valence-electron chi connectivity index (χ3n) is 4.89. The van der Waals surface area contributed by atoms with Crippen LogP contribution in [-0.2, 0) is 0 Å². The number of rotatable bonds is 2. The van der Waals surface area contributed by atoms with E-state index in [-0.39, 0.29) is 0 Å². The zero-order valence-corrected chi connectivity index (χ0v) is 15.0. The van der Waals surface area contributed by atoms with Crippen molar-refractivity contribution in [3.05, 3.63) is 108 Å². The van der Waals surface area contributed by atoms with Gasteiger partial charge in [0.05, 0.1) is 17.9 Å². The predicted molar refractivity (Wildman–Crippen MR) is 113 cm³/mol. The van der Waals surface area contributed by atoms with Gasteiger partial charge in [-0.25, -0.2) is 4.85 Å². The Labute approximate surface area is 163 Å². The lowest BCUT2D eigenvalue weighted by molar-refractivity contribution is 0.477. The maximum Gasteiger partial charge on any atom is 0.187 e. The van der Waals surface area contributed by atoms with Crippen molar-refractivity contribution >= 4 is 22.7 Å².